The summed E-state index contributed by atoms with van der Waals surface area (Å²) in [6.45, 7) is 11.2. The van der Waals surface area contributed by atoms with Crippen LogP contribution < -0.4 is 5.32 Å². The van der Waals surface area contributed by atoms with Gasteiger partial charge < -0.3 is 14.6 Å². The Labute approximate surface area is 185 Å². The molecule has 31 heavy (non-hydrogen) atoms. The summed E-state index contributed by atoms with van der Waals surface area (Å²) < 4.78 is 7.59. The average Bonchev–Trinajstić information content (AvgIpc) is 3.22. The number of carbonyl (C=O) groups excluding carboxylic acids is 1. The van der Waals surface area contributed by atoms with E-state index in [1.807, 2.05) is 12.4 Å². The maximum Gasteiger partial charge on any atom is 0.243 e. The molecule has 168 valence electrons. The van der Waals surface area contributed by atoms with Gasteiger partial charge in [-0.1, -0.05) is 30.3 Å². The second-order valence-corrected chi connectivity index (χ2v) is 8.78. The van der Waals surface area contributed by atoms with E-state index in [1.165, 1.54) is 5.56 Å². The average molecular weight is 426 g/mol. The second kappa shape index (κ2) is 10.4. The normalized spacial score (nSPS) is 20.0. The molecule has 0 spiro atoms. The maximum atomic E-state index is 13.5. The van der Waals surface area contributed by atoms with Crippen LogP contribution in [0.4, 0.5) is 0 Å². The number of nitrogens with one attached hydrogen (secondary N) is 1. The Balaban J connectivity index is 1.46. The number of imidazole rings is 1. The molecule has 2 aliphatic heterocycles. The van der Waals surface area contributed by atoms with Crippen LogP contribution in [0.5, 0.6) is 0 Å². The van der Waals surface area contributed by atoms with E-state index in [-0.39, 0.29) is 18.0 Å². The summed E-state index contributed by atoms with van der Waals surface area (Å²) in [6, 6.07) is 10.4. The van der Waals surface area contributed by atoms with E-state index in [9.17, 15) is 4.79 Å². The molecule has 1 aromatic heterocycles. The van der Waals surface area contributed by atoms with Crippen molar-refractivity contribution in [2.75, 3.05) is 45.9 Å². The highest BCUT2D eigenvalue weighted by molar-refractivity contribution is 5.83. The summed E-state index contributed by atoms with van der Waals surface area (Å²) in [5.41, 5.74) is 3.35. The first-order valence-electron chi connectivity index (χ1n) is 11.5. The van der Waals surface area contributed by atoms with Gasteiger partial charge in [0.2, 0.25) is 5.91 Å². The van der Waals surface area contributed by atoms with Gasteiger partial charge in [-0.05, 0) is 32.4 Å². The van der Waals surface area contributed by atoms with Gasteiger partial charge in [-0.2, -0.15) is 0 Å². The summed E-state index contributed by atoms with van der Waals surface area (Å²) in [4.78, 5) is 22.8. The van der Waals surface area contributed by atoms with Crippen LogP contribution in [0.15, 0.2) is 36.7 Å². The molecule has 7 heteroatoms. The van der Waals surface area contributed by atoms with Crippen molar-refractivity contribution in [1.82, 2.24) is 24.7 Å². The van der Waals surface area contributed by atoms with Crippen molar-refractivity contribution in [3.63, 3.8) is 0 Å². The summed E-state index contributed by atoms with van der Waals surface area (Å²) in [6.07, 6.45) is 3.73. The molecule has 1 N–H and O–H groups in total. The number of rotatable bonds is 8. The lowest BCUT2D eigenvalue weighted by Crippen LogP contribution is -2.45. The molecule has 2 aliphatic rings. The Kier molecular flexibility index (Phi) is 7.37. The zero-order chi connectivity index (χ0) is 21.6. The molecule has 0 bridgehead atoms. The Morgan fingerprint density at radius 1 is 1.19 bits per heavy atom. The summed E-state index contributed by atoms with van der Waals surface area (Å²) in [5, 5.41) is 3.22. The standard InChI is InChI=1S/C24H35N5O2/c1-19(2)29-18-26-21-9-12-28(17-20-7-4-3-5-8-20)23(22(21)29)24(30)25-10-6-11-27-13-15-31-16-14-27/h3-5,7-8,18-19,23H,6,9-17H2,1-2H3,(H,25,30)/t23-/m0/s1. The summed E-state index contributed by atoms with van der Waals surface area (Å²) in [5.74, 6) is 0.0845. The molecule has 0 saturated carbocycles. The minimum Gasteiger partial charge on any atom is -0.379 e. The smallest absolute Gasteiger partial charge is 0.243 e. The zero-order valence-corrected chi connectivity index (χ0v) is 18.8. The number of aromatic nitrogens is 2. The van der Waals surface area contributed by atoms with Gasteiger partial charge in [0, 0.05) is 45.2 Å². The van der Waals surface area contributed by atoms with Gasteiger partial charge in [0.05, 0.1) is 30.9 Å². The number of benzene rings is 1. The second-order valence-electron chi connectivity index (χ2n) is 8.78. The molecular weight excluding hydrogens is 390 g/mol. The number of hydrogen-bond acceptors (Lipinski definition) is 5. The van der Waals surface area contributed by atoms with E-state index in [0.29, 0.717) is 6.54 Å². The lowest BCUT2D eigenvalue weighted by atomic mass is 10.00. The fraction of sp³-hybridized carbons (Fsp3) is 0.583. The van der Waals surface area contributed by atoms with Crippen LogP contribution >= 0.6 is 0 Å². The number of hydrogen-bond donors (Lipinski definition) is 1. The molecular formula is C24H35N5O2. The molecule has 1 saturated heterocycles. The zero-order valence-electron chi connectivity index (χ0n) is 18.8. The van der Waals surface area contributed by atoms with Crippen LogP contribution in [-0.4, -0.2) is 71.2 Å². The van der Waals surface area contributed by atoms with Crippen molar-refractivity contribution in [2.24, 2.45) is 0 Å². The van der Waals surface area contributed by atoms with Crippen molar-refractivity contribution < 1.29 is 9.53 Å². The predicted octanol–water partition coefficient (Wildman–Crippen LogP) is 2.40. The van der Waals surface area contributed by atoms with Crippen LogP contribution in [0.1, 0.15) is 49.3 Å². The molecule has 4 rings (SSSR count). The summed E-state index contributed by atoms with van der Waals surface area (Å²) in [7, 11) is 0. The lowest BCUT2D eigenvalue weighted by molar-refractivity contribution is -0.127. The Hall–Kier alpha value is -2.22. The third-order valence-corrected chi connectivity index (χ3v) is 6.26. The summed E-state index contributed by atoms with van der Waals surface area (Å²) >= 11 is 0. The third kappa shape index (κ3) is 5.34. The van der Waals surface area contributed by atoms with Crippen molar-refractivity contribution >= 4 is 5.91 Å². The van der Waals surface area contributed by atoms with E-state index in [0.717, 1.165) is 70.2 Å². The molecule has 1 amide bonds. The topological polar surface area (TPSA) is 62.6 Å². The Bertz CT molecular complexity index is 845. The first-order chi connectivity index (χ1) is 15.1. The van der Waals surface area contributed by atoms with Gasteiger partial charge in [0.1, 0.15) is 6.04 Å². The van der Waals surface area contributed by atoms with Gasteiger partial charge in [0.15, 0.2) is 0 Å². The highest BCUT2D eigenvalue weighted by Gasteiger charge is 2.36. The molecule has 0 unspecified atom stereocenters. The molecule has 0 aliphatic carbocycles. The molecule has 2 aromatic rings. The van der Waals surface area contributed by atoms with Gasteiger partial charge in [-0.15, -0.1) is 0 Å². The number of nitrogens with zero attached hydrogens (tertiary/aromatic N) is 4. The number of ether oxygens (including phenoxy) is 1. The van der Waals surface area contributed by atoms with E-state index >= 15 is 0 Å². The first-order valence-corrected chi connectivity index (χ1v) is 11.5. The quantitative estimate of drug-likeness (QED) is 0.658. The fourth-order valence-electron chi connectivity index (χ4n) is 4.58. The molecule has 1 atom stereocenters. The first kappa shape index (κ1) is 22.0. The van der Waals surface area contributed by atoms with Crippen LogP contribution in [-0.2, 0) is 22.5 Å². The van der Waals surface area contributed by atoms with E-state index < -0.39 is 0 Å². The van der Waals surface area contributed by atoms with Crippen molar-refractivity contribution in [1.29, 1.82) is 0 Å². The van der Waals surface area contributed by atoms with E-state index in [2.05, 4.69) is 62.8 Å². The van der Waals surface area contributed by atoms with Gasteiger partial charge in [-0.25, -0.2) is 4.98 Å². The van der Waals surface area contributed by atoms with Crippen LogP contribution in [0, 0.1) is 0 Å². The molecule has 7 nitrogen and oxygen atoms in total. The highest BCUT2D eigenvalue weighted by atomic mass is 16.5. The van der Waals surface area contributed by atoms with Crippen molar-refractivity contribution in [2.45, 2.75) is 45.3 Å². The third-order valence-electron chi connectivity index (χ3n) is 6.26. The monoisotopic (exact) mass is 425 g/mol. The largest absolute Gasteiger partial charge is 0.379 e. The van der Waals surface area contributed by atoms with Crippen LogP contribution in [0.2, 0.25) is 0 Å². The van der Waals surface area contributed by atoms with Gasteiger partial charge in [0.25, 0.3) is 0 Å². The predicted molar refractivity (Wildman–Crippen MR) is 121 cm³/mol. The highest BCUT2D eigenvalue weighted by Crippen LogP contribution is 2.32. The van der Waals surface area contributed by atoms with Crippen molar-refractivity contribution in [3.05, 3.63) is 53.6 Å². The molecule has 1 fully saturated rings. The van der Waals surface area contributed by atoms with E-state index in [4.69, 9.17) is 4.74 Å². The molecule has 3 heterocycles. The Morgan fingerprint density at radius 3 is 2.71 bits per heavy atom. The number of amides is 1. The van der Waals surface area contributed by atoms with Crippen molar-refractivity contribution in [3.8, 4) is 0 Å². The Morgan fingerprint density at radius 2 is 1.97 bits per heavy atom. The minimum atomic E-state index is -0.308. The van der Waals surface area contributed by atoms with Crippen LogP contribution in [0.3, 0.4) is 0 Å². The fourth-order valence-corrected chi connectivity index (χ4v) is 4.58. The lowest BCUT2D eigenvalue weighted by Gasteiger charge is -2.36. The van der Waals surface area contributed by atoms with E-state index in [1.54, 1.807) is 0 Å². The number of carbonyl (C=O) groups is 1. The van der Waals surface area contributed by atoms with Crippen LogP contribution in [0.25, 0.3) is 0 Å². The SMILES string of the molecule is CC(C)n1cnc2c1[C@@H](C(=O)NCCCN1CCOCC1)N(Cc1ccccc1)CC2. The van der Waals surface area contributed by atoms with Gasteiger partial charge >= 0.3 is 0 Å². The molecule has 1 aromatic carbocycles. The maximum absolute atomic E-state index is 13.5. The number of fused-ring (bicyclic) bond motifs is 1. The molecule has 0 radical (unpaired) electrons. The van der Waals surface area contributed by atoms with Gasteiger partial charge in [-0.3, -0.25) is 14.6 Å². The minimum absolute atomic E-state index is 0.0845. The number of morpholine rings is 1.